The van der Waals surface area contributed by atoms with E-state index in [0.29, 0.717) is 55.8 Å². The summed E-state index contributed by atoms with van der Waals surface area (Å²) in [6, 6.07) is 4.14. The van der Waals surface area contributed by atoms with Gasteiger partial charge in [-0.05, 0) is 55.9 Å². The second-order valence-corrected chi connectivity index (χ2v) is 11.6. The number of fused-ring (bicyclic) bond motifs is 4. The highest BCUT2D eigenvalue weighted by atomic mass is 19.1. The number of morpholine rings is 1. The lowest BCUT2D eigenvalue weighted by Crippen LogP contribution is -2.64. The van der Waals surface area contributed by atoms with Crippen LogP contribution < -0.4 is 9.64 Å². The van der Waals surface area contributed by atoms with Crippen molar-refractivity contribution >= 4 is 22.3 Å². The largest absolute Gasteiger partial charge is 0.461 e. The van der Waals surface area contributed by atoms with Crippen LogP contribution in [0.5, 0.6) is 6.01 Å². The molecule has 7 nitrogen and oxygen atoms in total. The van der Waals surface area contributed by atoms with Crippen molar-refractivity contribution in [1.82, 2.24) is 14.9 Å². The van der Waals surface area contributed by atoms with E-state index >= 15 is 4.39 Å². The van der Waals surface area contributed by atoms with Gasteiger partial charge in [-0.25, -0.2) is 8.78 Å². The Morgan fingerprint density at radius 2 is 2.08 bits per heavy atom. The lowest BCUT2D eigenvalue weighted by molar-refractivity contribution is 0.00977. The van der Waals surface area contributed by atoms with Crippen LogP contribution in [-0.4, -0.2) is 83.3 Å². The van der Waals surface area contributed by atoms with E-state index in [0.717, 1.165) is 37.0 Å². The molecule has 0 aliphatic carbocycles. The number of halogens is 2. The summed E-state index contributed by atoms with van der Waals surface area (Å²) in [6.07, 6.45) is 9.32. The number of alkyl halides is 1. The standard InChI is InChI=1S/C31H38F2N4O3/c1-4-19(15-38)23(5-2)24(6-3)25-8-9-26-28(27(25)33)34-30(35-29(26)37-21-12-22(37)17-39-16-21)40-18-31-10-7-11-36(31)14-20(32)13-31/h1,8-9,19-22,38H,5-7,10-18H2,2-3H3/b24-23-/t19?,20-,21?,22?,31+/m1/s1. The number of benzene rings is 1. The summed E-state index contributed by atoms with van der Waals surface area (Å²) in [5.41, 5.74) is 1.91. The SMILES string of the molecule is C#CC(CO)/C(CC)=C(/CC)c1ccc2c(N3C4COCC3C4)nc(OC[C@@]34CCCN3C[C@H](F)C4)nc2c1F. The van der Waals surface area contributed by atoms with Crippen molar-refractivity contribution in [2.75, 3.05) is 44.4 Å². The van der Waals surface area contributed by atoms with Crippen LogP contribution in [0.15, 0.2) is 17.7 Å². The highest BCUT2D eigenvalue weighted by Crippen LogP contribution is 2.43. The normalized spacial score (nSPS) is 29.1. The van der Waals surface area contributed by atoms with Crippen molar-refractivity contribution in [3.05, 3.63) is 29.1 Å². The van der Waals surface area contributed by atoms with Gasteiger partial charge in [0.05, 0.1) is 43.4 Å². The van der Waals surface area contributed by atoms with Gasteiger partial charge in [0.1, 0.15) is 24.1 Å². The first kappa shape index (κ1) is 27.4. The average molecular weight is 553 g/mol. The monoisotopic (exact) mass is 552 g/mol. The lowest BCUT2D eigenvalue weighted by atomic mass is 9.87. The zero-order chi connectivity index (χ0) is 28.0. The zero-order valence-corrected chi connectivity index (χ0v) is 23.3. The molecular weight excluding hydrogens is 514 g/mol. The average Bonchev–Trinajstić information content (AvgIpc) is 3.49. The molecular formula is C31H38F2N4O3. The summed E-state index contributed by atoms with van der Waals surface area (Å²) in [5.74, 6) is 2.38. The van der Waals surface area contributed by atoms with Crippen molar-refractivity contribution in [2.24, 2.45) is 5.92 Å². The molecule has 0 radical (unpaired) electrons. The minimum absolute atomic E-state index is 0.113. The predicted molar refractivity (Wildman–Crippen MR) is 150 cm³/mol. The van der Waals surface area contributed by atoms with Crippen molar-refractivity contribution in [1.29, 1.82) is 0 Å². The van der Waals surface area contributed by atoms with E-state index in [9.17, 15) is 9.50 Å². The van der Waals surface area contributed by atoms with E-state index in [4.69, 9.17) is 20.9 Å². The first-order chi connectivity index (χ1) is 19.4. The third-order valence-electron chi connectivity index (χ3n) is 9.44. The molecule has 4 fully saturated rings. The van der Waals surface area contributed by atoms with Crippen LogP contribution in [0.25, 0.3) is 16.5 Å². The summed E-state index contributed by atoms with van der Waals surface area (Å²) in [5, 5.41) is 10.5. The number of nitrogens with zero attached hydrogens (tertiary/aromatic N) is 4. The molecule has 6 rings (SSSR count). The van der Waals surface area contributed by atoms with Crippen molar-refractivity contribution in [2.45, 2.75) is 76.2 Å². The Hall–Kier alpha value is -2.80. The Labute approximate surface area is 234 Å². The Bertz CT molecular complexity index is 1350. The number of aromatic nitrogens is 2. The van der Waals surface area contributed by atoms with Gasteiger partial charge in [-0.1, -0.05) is 25.8 Å². The number of allylic oxidation sites excluding steroid dienone is 1. The predicted octanol–water partition coefficient (Wildman–Crippen LogP) is 4.52. The molecule has 1 aromatic heterocycles. The maximum absolute atomic E-state index is 16.5. The molecule has 0 amide bonds. The van der Waals surface area contributed by atoms with Gasteiger partial charge in [0.15, 0.2) is 5.82 Å². The maximum atomic E-state index is 16.5. The minimum Gasteiger partial charge on any atom is -0.461 e. The Balaban J connectivity index is 1.44. The molecule has 5 atom stereocenters. The van der Waals surface area contributed by atoms with Crippen LogP contribution in [0.1, 0.15) is 57.9 Å². The molecule has 5 heterocycles. The molecule has 0 spiro atoms. The fraction of sp³-hybridized carbons (Fsp3) is 0.613. The van der Waals surface area contributed by atoms with Crippen molar-refractivity contribution in [3.8, 4) is 18.4 Å². The van der Waals surface area contributed by atoms with Crippen LogP contribution in [0, 0.1) is 24.1 Å². The number of hydrogen-bond donors (Lipinski definition) is 1. The van der Waals surface area contributed by atoms with Crippen molar-refractivity contribution in [3.63, 3.8) is 0 Å². The minimum atomic E-state index is -0.866. The first-order valence-electron chi connectivity index (χ1n) is 14.6. The number of aliphatic hydroxyl groups excluding tert-OH is 1. The summed E-state index contributed by atoms with van der Waals surface area (Å²) < 4.78 is 42.8. The molecule has 1 N–H and O–H groups in total. The maximum Gasteiger partial charge on any atom is 0.319 e. The molecule has 9 heteroatoms. The first-order valence-corrected chi connectivity index (χ1v) is 14.6. The van der Waals surface area contributed by atoms with Gasteiger partial charge in [0.2, 0.25) is 0 Å². The quantitative estimate of drug-likeness (QED) is 0.459. The van der Waals surface area contributed by atoms with Gasteiger partial charge in [0.25, 0.3) is 0 Å². The molecule has 2 aromatic rings. The number of terminal acetylenes is 1. The molecule has 4 aliphatic rings. The molecule has 4 aliphatic heterocycles. The molecule has 4 saturated heterocycles. The molecule has 3 unspecified atom stereocenters. The number of anilines is 1. The van der Waals surface area contributed by atoms with E-state index in [1.165, 1.54) is 0 Å². The van der Waals surface area contributed by atoms with E-state index in [2.05, 4.69) is 20.7 Å². The molecule has 1 aromatic carbocycles. The van der Waals surface area contributed by atoms with Gasteiger partial charge in [-0.2, -0.15) is 9.97 Å². The summed E-state index contributed by atoms with van der Waals surface area (Å²) in [7, 11) is 0. The highest BCUT2D eigenvalue weighted by molar-refractivity contribution is 5.93. The van der Waals surface area contributed by atoms with Crippen LogP contribution >= 0.6 is 0 Å². The summed E-state index contributed by atoms with van der Waals surface area (Å²) >= 11 is 0. The molecule has 214 valence electrons. The molecule has 2 bridgehead atoms. The smallest absolute Gasteiger partial charge is 0.319 e. The summed E-state index contributed by atoms with van der Waals surface area (Å²) in [6.45, 7) is 6.52. The Morgan fingerprint density at radius 3 is 2.75 bits per heavy atom. The van der Waals surface area contributed by atoms with Crippen molar-refractivity contribution < 1.29 is 23.4 Å². The number of hydrogen-bond acceptors (Lipinski definition) is 7. The zero-order valence-electron chi connectivity index (χ0n) is 23.3. The van der Waals surface area contributed by atoms with Crippen LogP contribution in [0.4, 0.5) is 14.6 Å². The summed E-state index contributed by atoms with van der Waals surface area (Å²) in [4.78, 5) is 13.8. The van der Waals surface area contributed by atoms with Gasteiger partial charge in [0, 0.05) is 23.9 Å². The Morgan fingerprint density at radius 1 is 1.27 bits per heavy atom. The third kappa shape index (κ3) is 4.45. The second-order valence-electron chi connectivity index (χ2n) is 11.6. The number of rotatable bonds is 9. The molecule has 0 saturated carbocycles. The van der Waals surface area contributed by atoms with E-state index in [-0.39, 0.29) is 42.4 Å². The lowest BCUT2D eigenvalue weighted by Gasteiger charge is -2.53. The van der Waals surface area contributed by atoms with Gasteiger partial charge in [-0.3, -0.25) is 4.90 Å². The topological polar surface area (TPSA) is 71.0 Å². The molecule has 40 heavy (non-hydrogen) atoms. The highest BCUT2D eigenvalue weighted by Gasteiger charge is 2.49. The van der Waals surface area contributed by atoms with Crippen LogP contribution in [0.3, 0.4) is 0 Å². The number of aliphatic hydroxyl groups is 1. The second kappa shape index (κ2) is 10.9. The van der Waals surface area contributed by atoms with E-state index < -0.39 is 17.9 Å². The Kier molecular flexibility index (Phi) is 7.45. The van der Waals surface area contributed by atoms with Gasteiger partial charge >= 0.3 is 6.01 Å². The third-order valence-corrected chi connectivity index (χ3v) is 9.44. The van der Waals surface area contributed by atoms with E-state index in [1.54, 1.807) is 6.07 Å². The van der Waals surface area contributed by atoms with E-state index in [1.807, 2.05) is 19.9 Å². The number of ether oxygens (including phenoxy) is 2. The fourth-order valence-corrected chi connectivity index (χ4v) is 7.48. The van der Waals surface area contributed by atoms with Crippen LogP contribution in [-0.2, 0) is 4.74 Å². The van der Waals surface area contributed by atoms with Gasteiger partial charge < -0.3 is 19.5 Å². The van der Waals surface area contributed by atoms with Crippen LogP contribution in [0.2, 0.25) is 0 Å². The fourth-order valence-electron chi connectivity index (χ4n) is 7.48. The van der Waals surface area contributed by atoms with Gasteiger partial charge in [-0.15, -0.1) is 6.42 Å².